The topological polar surface area (TPSA) is 68.3 Å². The van der Waals surface area contributed by atoms with Crippen LogP contribution in [0.2, 0.25) is 5.02 Å². The number of pyridine rings is 1. The summed E-state index contributed by atoms with van der Waals surface area (Å²) in [5, 5.41) is 3.36. The van der Waals surface area contributed by atoms with E-state index in [1.807, 2.05) is 0 Å². The molecule has 0 saturated carbocycles. The van der Waals surface area contributed by atoms with E-state index in [1.165, 1.54) is 0 Å². The smallest absolute Gasteiger partial charge is 0.328 e. The largest absolute Gasteiger partial charge is 0.464 e. The second-order valence-corrected chi connectivity index (χ2v) is 5.67. The Bertz CT molecular complexity index is 674. The van der Waals surface area contributed by atoms with E-state index in [4.69, 9.17) is 16.3 Å². The number of nitrogens with zero attached hydrogens (tertiary/aromatic N) is 1. The van der Waals surface area contributed by atoms with Crippen LogP contribution in [0, 0.1) is 0 Å². The van der Waals surface area contributed by atoms with Crippen LogP contribution in [-0.4, -0.2) is 29.5 Å². The molecule has 1 unspecified atom stereocenters. The summed E-state index contributed by atoms with van der Waals surface area (Å²) in [7, 11) is 0. The van der Waals surface area contributed by atoms with Crippen LogP contribution >= 0.6 is 11.6 Å². The van der Waals surface area contributed by atoms with Crippen molar-refractivity contribution in [2.45, 2.75) is 25.8 Å². The average Bonchev–Trinajstić information content (AvgIpc) is 2.57. The maximum atomic E-state index is 12.2. The molecule has 2 aromatic rings. The molecule has 24 heavy (non-hydrogen) atoms. The number of hydrogen-bond donors (Lipinski definition) is 1. The standard InChI is InChI=1S/C18H19ClN2O3/c1-2-24-18(23)16(11-14-7-9-20-10-8-14)21-17(22)12-13-3-5-15(19)6-4-13/h3-10,16H,2,11-12H2,1H3,(H,21,22). The zero-order chi connectivity index (χ0) is 17.4. The van der Waals surface area contributed by atoms with Crippen molar-refractivity contribution in [2.75, 3.05) is 6.61 Å². The SMILES string of the molecule is CCOC(=O)C(Cc1ccncc1)NC(=O)Cc1ccc(Cl)cc1. The fraction of sp³-hybridized carbons (Fsp3) is 0.278. The van der Waals surface area contributed by atoms with E-state index in [1.54, 1.807) is 55.7 Å². The number of carbonyl (C=O) groups excluding carboxylic acids is 2. The van der Waals surface area contributed by atoms with E-state index in [0.717, 1.165) is 11.1 Å². The second kappa shape index (κ2) is 9.03. The maximum absolute atomic E-state index is 12.2. The molecule has 0 fully saturated rings. The fourth-order valence-corrected chi connectivity index (χ4v) is 2.35. The van der Waals surface area contributed by atoms with E-state index in [0.29, 0.717) is 11.4 Å². The normalized spacial score (nSPS) is 11.6. The van der Waals surface area contributed by atoms with Gasteiger partial charge in [0.2, 0.25) is 5.91 Å². The van der Waals surface area contributed by atoms with Gasteiger partial charge in [-0.3, -0.25) is 9.78 Å². The van der Waals surface area contributed by atoms with Crippen LogP contribution in [0.3, 0.4) is 0 Å². The van der Waals surface area contributed by atoms with Crippen LogP contribution in [0.5, 0.6) is 0 Å². The zero-order valence-corrected chi connectivity index (χ0v) is 14.1. The molecule has 0 bridgehead atoms. The summed E-state index contributed by atoms with van der Waals surface area (Å²) >= 11 is 5.83. The molecule has 1 amide bonds. The molecular weight excluding hydrogens is 328 g/mol. The minimum absolute atomic E-state index is 0.170. The highest BCUT2D eigenvalue weighted by Gasteiger charge is 2.22. The monoisotopic (exact) mass is 346 g/mol. The number of benzene rings is 1. The summed E-state index contributed by atoms with van der Waals surface area (Å²) in [4.78, 5) is 28.3. The highest BCUT2D eigenvalue weighted by molar-refractivity contribution is 6.30. The molecule has 0 aliphatic carbocycles. The highest BCUT2D eigenvalue weighted by atomic mass is 35.5. The number of nitrogens with one attached hydrogen (secondary N) is 1. The Labute approximate surface area is 146 Å². The molecule has 126 valence electrons. The van der Waals surface area contributed by atoms with Crippen LogP contribution in [0.25, 0.3) is 0 Å². The third kappa shape index (κ3) is 5.66. The summed E-state index contributed by atoms with van der Waals surface area (Å²) in [5.74, 6) is -0.691. The van der Waals surface area contributed by atoms with Gasteiger partial charge in [0, 0.05) is 23.8 Å². The van der Waals surface area contributed by atoms with Crippen LogP contribution in [0.1, 0.15) is 18.1 Å². The minimum atomic E-state index is -0.729. The lowest BCUT2D eigenvalue weighted by atomic mass is 10.1. The Morgan fingerprint density at radius 3 is 2.42 bits per heavy atom. The van der Waals surface area contributed by atoms with E-state index >= 15 is 0 Å². The van der Waals surface area contributed by atoms with Crippen molar-refractivity contribution in [3.63, 3.8) is 0 Å². The van der Waals surface area contributed by atoms with E-state index in [9.17, 15) is 9.59 Å². The molecule has 1 aromatic carbocycles. The van der Waals surface area contributed by atoms with Gasteiger partial charge in [-0.25, -0.2) is 4.79 Å². The van der Waals surface area contributed by atoms with Crippen molar-refractivity contribution in [3.05, 3.63) is 64.9 Å². The predicted molar refractivity (Wildman–Crippen MR) is 91.7 cm³/mol. The van der Waals surface area contributed by atoms with Gasteiger partial charge in [0.25, 0.3) is 0 Å². The first-order valence-electron chi connectivity index (χ1n) is 7.68. The Morgan fingerprint density at radius 1 is 1.12 bits per heavy atom. The summed E-state index contributed by atoms with van der Waals surface area (Å²) in [6.07, 6.45) is 3.82. The number of rotatable bonds is 7. The first-order chi connectivity index (χ1) is 11.6. The third-order valence-corrected chi connectivity index (χ3v) is 3.63. The molecule has 0 aliphatic heterocycles. The van der Waals surface area contributed by atoms with Crippen molar-refractivity contribution in [1.82, 2.24) is 10.3 Å². The van der Waals surface area contributed by atoms with Gasteiger partial charge < -0.3 is 10.1 Å². The van der Waals surface area contributed by atoms with Crippen molar-refractivity contribution >= 4 is 23.5 Å². The lowest BCUT2D eigenvalue weighted by Crippen LogP contribution is -2.44. The van der Waals surface area contributed by atoms with Gasteiger partial charge in [0.05, 0.1) is 13.0 Å². The molecular formula is C18H19ClN2O3. The van der Waals surface area contributed by atoms with Crippen LogP contribution in [-0.2, 0) is 27.2 Å². The molecule has 0 aliphatic rings. The number of esters is 1. The van der Waals surface area contributed by atoms with Crippen LogP contribution in [0.4, 0.5) is 0 Å². The Hall–Kier alpha value is -2.40. The third-order valence-electron chi connectivity index (χ3n) is 3.37. The van der Waals surface area contributed by atoms with Gasteiger partial charge in [-0.05, 0) is 42.3 Å². The quantitative estimate of drug-likeness (QED) is 0.782. The highest BCUT2D eigenvalue weighted by Crippen LogP contribution is 2.10. The number of hydrogen-bond acceptors (Lipinski definition) is 4. The first kappa shape index (κ1) is 17.9. The molecule has 1 atom stereocenters. The summed E-state index contributed by atoms with van der Waals surface area (Å²) in [6, 6.07) is 9.89. The average molecular weight is 347 g/mol. The van der Waals surface area contributed by atoms with Gasteiger partial charge in [-0.15, -0.1) is 0 Å². The van der Waals surface area contributed by atoms with Gasteiger partial charge in [-0.2, -0.15) is 0 Å². The summed E-state index contributed by atoms with van der Waals surface area (Å²) in [6.45, 7) is 2.00. The molecule has 5 nitrogen and oxygen atoms in total. The second-order valence-electron chi connectivity index (χ2n) is 5.23. The van der Waals surface area contributed by atoms with Gasteiger partial charge in [-0.1, -0.05) is 23.7 Å². The number of amides is 1. The number of aromatic nitrogens is 1. The van der Waals surface area contributed by atoms with E-state index < -0.39 is 12.0 Å². The molecule has 2 rings (SSSR count). The van der Waals surface area contributed by atoms with Crippen molar-refractivity contribution in [2.24, 2.45) is 0 Å². The van der Waals surface area contributed by atoms with Gasteiger partial charge in [0.1, 0.15) is 6.04 Å². The number of halogens is 1. The van der Waals surface area contributed by atoms with Gasteiger partial charge in [0.15, 0.2) is 0 Å². The molecule has 1 heterocycles. The van der Waals surface area contributed by atoms with E-state index in [-0.39, 0.29) is 18.9 Å². The molecule has 1 N–H and O–H groups in total. The molecule has 6 heteroatoms. The molecule has 0 spiro atoms. The molecule has 0 radical (unpaired) electrons. The molecule has 1 aromatic heterocycles. The Balaban J connectivity index is 2.02. The van der Waals surface area contributed by atoms with Crippen molar-refractivity contribution in [1.29, 1.82) is 0 Å². The summed E-state index contributed by atoms with van der Waals surface area (Å²) < 4.78 is 5.06. The van der Waals surface area contributed by atoms with Crippen LogP contribution < -0.4 is 5.32 Å². The van der Waals surface area contributed by atoms with Crippen molar-refractivity contribution in [3.8, 4) is 0 Å². The number of ether oxygens (including phenoxy) is 1. The predicted octanol–water partition coefficient (Wildman–Crippen LogP) is 2.57. The Kier molecular flexibility index (Phi) is 6.75. The zero-order valence-electron chi connectivity index (χ0n) is 13.4. The number of carbonyl (C=O) groups is 2. The maximum Gasteiger partial charge on any atom is 0.328 e. The minimum Gasteiger partial charge on any atom is -0.464 e. The van der Waals surface area contributed by atoms with Gasteiger partial charge >= 0.3 is 5.97 Å². The first-order valence-corrected chi connectivity index (χ1v) is 8.05. The summed E-state index contributed by atoms with van der Waals surface area (Å²) in [5.41, 5.74) is 1.72. The van der Waals surface area contributed by atoms with E-state index in [2.05, 4.69) is 10.3 Å². The lowest BCUT2D eigenvalue weighted by molar-refractivity contribution is -0.147. The van der Waals surface area contributed by atoms with Crippen molar-refractivity contribution < 1.29 is 14.3 Å². The van der Waals surface area contributed by atoms with Crippen LogP contribution in [0.15, 0.2) is 48.8 Å². The fourth-order valence-electron chi connectivity index (χ4n) is 2.22. The molecule has 0 saturated heterocycles. The Morgan fingerprint density at radius 2 is 1.79 bits per heavy atom. The lowest BCUT2D eigenvalue weighted by Gasteiger charge is -2.17.